The van der Waals surface area contributed by atoms with E-state index in [2.05, 4.69) is 15.9 Å². The number of aliphatic carboxylic acids is 1. The lowest BCUT2D eigenvalue weighted by molar-refractivity contribution is -0.314. The van der Waals surface area contributed by atoms with Crippen LogP contribution in [0.2, 0.25) is 0 Å². The van der Waals surface area contributed by atoms with Gasteiger partial charge in [0, 0.05) is 17.2 Å². The van der Waals surface area contributed by atoms with E-state index < -0.39 is 23.8 Å². The van der Waals surface area contributed by atoms with Gasteiger partial charge in [-0.25, -0.2) is 0 Å². The van der Waals surface area contributed by atoms with E-state index >= 15 is 0 Å². The first kappa shape index (κ1) is 12.5. The molecule has 0 aromatic carbocycles. The normalized spacial score (nSPS) is 25.9. The molecule has 0 aliphatic heterocycles. The minimum Gasteiger partial charge on any atom is -0.550 e. The predicted octanol–water partition coefficient (Wildman–Crippen LogP) is 0.481. The van der Waals surface area contributed by atoms with Gasteiger partial charge in [-0.2, -0.15) is 0 Å². The van der Waals surface area contributed by atoms with Crippen LogP contribution in [0.5, 0.6) is 0 Å². The molecule has 0 unspecified atom stereocenters. The van der Waals surface area contributed by atoms with Gasteiger partial charge < -0.3 is 14.6 Å². The van der Waals surface area contributed by atoms with Gasteiger partial charge in [-0.15, -0.1) is 0 Å². The van der Waals surface area contributed by atoms with E-state index in [0.29, 0.717) is 18.2 Å². The van der Waals surface area contributed by atoms with Crippen molar-refractivity contribution in [3.8, 4) is 0 Å². The summed E-state index contributed by atoms with van der Waals surface area (Å²) < 4.78 is 4.93. The van der Waals surface area contributed by atoms with Gasteiger partial charge in [0.25, 0.3) is 0 Å². The Kier molecular flexibility index (Phi) is 5.08. The van der Waals surface area contributed by atoms with Crippen molar-refractivity contribution in [1.82, 2.24) is 0 Å². The minimum absolute atomic E-state index is 0.287. The van der Waals surface area contributed by atoms with Crippen molar-refractivity contribution < 1.29 is 19.4 Å². The lowest BCUT2D eigenvalue weighted by atomic mass is 9.79. The van der Waals surface area contributed by atoms with Gasteiger partial charge in [0.2, 0.25) is 0 Å². The van der Waals surface area contributed by atoms with E-state index in [1.165, 1.54) is 0 Å². The first-order chi connectivity index (χ1) is 7.16. The molecule has 0 amide bonds. The zero-order valence-electron chi connectivity index (χ0n) is 8.41. The first-order valence-electron chi connectivity index (χ1n) is 5.10. The van der Waals surface area contributed by atoms with Crippen LogP contribution in [0.3, 0.4) is 0 Å². The summed E-state index contributed by atoms with van der Waals surface area (Å²) in [5.41, 5.74) is 0. The van der Waals surface area contributed by atoms with Crippen LogP contribution in [0.1, 0.15) is 25.7 Å². The molecule has 15 heavy (non-hydrogen) atoms. The Labute approximate surface area is 97.1 Å². The van der Waals surface area contributed by atoms with Crippen molar-refractivity contribution in [2.75, 3.05) is 11.9 Å². The highest BCUT2D eigenvalue weighted by Gasteiger charge is 2.32. The van der Waals surface area contributed by atoms with Crippen LogP contribution in [0.4, 0.5) is 0 Å². The Balaban J connectivity index is 2.55. The zero-order valence-corrected chi connectivity index (χ0v) is 9.99. The van der Waals surface area contributed by atoms with Crippen molar-refractivity contribution in [2.24, 2.45) is 11.8 Å². The molecule has 1 rings (SSSR count). The molecule has 4 nitrogen and oxygen atoms in total. The second kappa shape index (κ2) is 6.10. The van der Waals surface area contributed by atoms with Crippen LogP contribution in [-0.2, 0) is 14.3 Å². The van der Waals surface area contributed by atoms with Crippen LogP contribution in [0, 0.1) is 11.8 Å². The topological polar surface area (TPSA) is 66.4 Å². The molecule has 0 aromatic rings. The molecular formula is C10H14BrO4-. The number of alkyl halides is 1. The summed E-state index contributed by atoms with van der Waals surface area (Å²) in [5.74, 6) is -2.71. The van der Waals surface area contributed by atoms with Crippen molar-refractivity contribution >= 4 is 27.9 Å². The van der Waals surface area contributed by atoms with Gasteiger partial charge in [0.15, 0.2) is 0 Å². The summed E-state index contributed by atoms with van der Waals surface area (Å²) in [7, 11) is 0. The molecule has 1 aliphatic carbocycles. The molecule has 0 saturated heterocycles. The van der Waals surface area contributed by atoms with Crippen LogP contribution in [0.25, 0.3) is 0 Å². The van der Waals surface area contributed by atoms with Crippen molar-refractivity contribution in [3.05, 3.63) is 0 Å². The standard InChI is InChI=1S/C10H15BrO4/c11-5-6-15-10(14)8-4-2-1-3-7(8)9(12)13/h7-8H,1-6H2,(H,12,13)/p-1/t7-,8-/m0/s1. The lowest BCUT2D eigenvalue weighted by Gasteiger charge is -2.30. The summed E-state index contributed by atoms with van der Waals surface area (Å²) >= 11 is 3.14. The maximum absolute atomic E-state index is 11.5. The SMILES string of the molecule is O=C([O-])[C@H]1CCCC[C@@H]1C(=O)OCCBr. The number of hydrogen-bond acceptors (Lipinski definition) is 4. The molecule has 1 aliphatic rings. The molecule has 2 atom stereocenters. The molecule has 1 fully saturated rings. The van der Waals surface area contributed by atoms with Gasteiger partial charge in [-0.1, -0.05) is 28.8 Å². The number of carbonyl (C=O) groups is 2. The fraction of sp³-hybridized carbons (Fsp3) is 0.800. The Morgan fingerprint density at radius 2 is 1.87 bits per heavy atom. The quantitative estimate of drug-likeness (QED) is 0.554. The summed E-state index contributed by atoms with van der Waals surface area (Å²) in [4.78, 5) is 22.4. The zero-order chi connectivity index (χ0) is 11.3. The van der Waals surface area contributed by atoms with E-state index in [1.54, 1.807) is 0 Å². The molecule has 0 bridgehead atoms. The fourth-order valence-corrected chi connectivity index (χ4v) is 2.10. The van der Waals surface area contributed by atoms with Crippen LogP contribution >= 0.6 is 15.9 Å². The number of esters is 1. The van der Waals surface area contributed by atoms with Gasteiger partial charge in [-0.3, -0.25) is 4.79 Å². The Morgan fingerprint density at radius 1 is 1.27 bits per heavy atom. The largest absolute Gasteiger partial charge is 0.550 e. The van der Waals surface area contributed by atoms with Gasteiger partial charge in [0.1, 0.15) is 6.61 Å². The average Bonchev–Trinajstić information content (AvgIpc) is 2.25. The van der Waals surface area contributed by atoms with Gasteiger partial charge in [-0.05, 0) is 12.8 Å². The van der Waals surface area contributed by atoms with Crippen molar-refractivity contribution in [1.29, 1.82) is 0 Å². The number of carbonyl (C=O) groups excluding carboxylic acids is 2. The predicted molar refractivity (Wildman–Crippen MR) is 55.2 cm³/mol. The fourth-order valence-electron chi connectivity index (χ4n) is 1.94. The second-order valence-electron chi connectivity index (χ2n) is 3.67. The molecule has 1 saturated carbocycles. The first-order valence-corrected chi connectivity index (χ1v) is 6.22. The van der Waals surface area contributed by atoms with Gasteiger partial charge >= 0.3 is 5.97 Å². The molecule has 5 heteroatoms. The van der Waals surface area contributed by atoms with Crippen molar-refractivity contribution in [2.45, 2.75) is 25.7 Å². The van der Waals surface area contributed by atoms with E-state index in [9.17, 15) is 14.7 Å². The highest BCUT2D eigenvalue weighted by molar-refractivity contribution is 9.09. The number of carboxylic acids is 1. The van der Waals surface area contributed by atoms with E-state index in [-0.39, 0.29) is 6.61 Å². The second-order valence-corrected chi connectivity index (χ2v) is 4.47. The molecule has 0 heterocycles. The summed E-state index contributed by atoms with van der Waals surface area (Å²) in [6, 6.07) is 0. The molecule has 86 valence electrons. The third-order valence-electron chi connectivity index (χ3n) is 2.69. The third kappa shape index (κ3) is 3.48. The highest BCUT2D eigenvalue weighted by atomic mass is 79.9. The number of ether oxygens (including phenoxy) is 1. The Hall–Kier alpha value is -0.580. The lowest BCUT2D eigenvalue weighted by Crippen LogP contribution is -2.41. The third-order valence-corrected chi connectivity index (χ3v) is 3.02. The van der Waals surface area contributed by atoms with Crippen molar-refractivity contribution in [3.63, 3.8) is 0 Å². The number of hydrogen-bond donors (Lipinski definition) is 0. The van der Waals surface area contributed by atoms with E-state index in [0.717, 1.165) is 12.8 Å². The molecule has 0 aromatic heterocycles. The van der Waals surface area contributed by atoms with Gasteiger partial charge in [0.05, 0.1) is 5.92 Å². The maximum atomic E-state index is 11.5. The Morgan fingerprint density at radius 3 is 2.40 bits per heavy atom. The maximum Gasteiger partial charge on any atom is 0.309 e. The molecule has 0 radical (unpaired) electrons. The average molecular weight is 278 g/mol. The molecular weight excluding hydrogens is 264 g/mol. The van der Waals surface area contributed by atoms with E-state index in [4.69, 9.17) is 4.74 Å². The number of halogens is 1. The molecule has 0 N–H and O–H groups in total. The monoisotopic (exact) mass is 277 g/mol. The molecule has 0 spiro atoms. The van der Waals surface area contributed by atoms with Crippen LogP contribution in [-0.4, -0.2) is 23.9 Å². The Bertz CT molecular complexity index is 242. The number of carboxylic acid groups (broad SMARTS) is 1. The minimum atomic E-state index is -1.13. The van der Waals surface area contributed by atoms with E-state index in [1.807, 2.05) is 0 Å². The summed E-state index contributed by atoms with van der Waals surface area (Å²) in [5, 5.41) is 11.4. The summed E-state index contributed by atoms with van der Waals surface area (Å²) in [6.45, 7) is 0.287. The van der Waals surface area contributed by atoms with Crippen LogP contribution in [0.15, 0.2) is 0 Å². The number of rotatable bonds is 4. The highest BCUT2D eigenvalue weighted by Crippen LogP contribution is 2.30. The summed E-state index contributed by atoms with van der Waals surface area (Å²) in [6.07, 6.45) is 2.86. The smallest absolute Gasteiger partial charge is 0.309 e. The van der Waals surface area contributed by atoms with Crippen LogP contribution < -0.4 is 5.11 Å².